The standard InChI is InChI=1S/C12H21NO/c1-8-5-3-4-6-11(8)13-12(14)10-7-9(10)2/h8-11H,3-7H2,1-2H3,(H,13,14). The summed E-state index contributed by atoms with van der Waals surface area (Å²) in [6, 6.07) is 0.462. The van der Waals surface area contributed by atoms with Gasteiger partial charge in [0.25, 0.3) is 0 Å². The van der Waals surface area contributed by atoms with Gasteiger partial charge < -0.3 is 5.32 Å². The molecule has 4 atom stereocenters. The molecule has 1 amide bonds. The molecule has 2 saturated carbocycles. The third kappa shape index (κ3) is 2.10. The largest absolute Gasteiger partial charge is 0.353 e. The van der Waals surface area contributed by atoms with Crippen LogP contribution < -0.4 is 5.32 Å². The van der Waals surface area contributed by atoms with Gasteiger partial charge in [-0.1, -0.05) is 26.7 Å². The Morgan fingerprint density at radius 3 is 2.36 bits per heavy atom. The Morgan fingerprint density at radius 2 is 1.79 bits per heavy atom. The number of hydrogen-bond acceptors (Lipinski definition) is 1. The SMILES string of the molecule is CC1CCCCC1NC(=O)C1CC1C. The van der Waals surface area contributed by atoms with Crippen molar-refractivity contribution in [3.63, 3.8) is 0 Å². The lowest BCUT2D eigenvalue weighted by atomic mass is 9.86. The highest BCUT2D eigenvalue weighted by Crippen LogP contribution is 2.38. The Kier molecular flexibility index (Phi) is 2.80. The molecular formula is C12H21NO. The van der Waals surface area contributed by atoms with E-state index >= 15 is 0 Å². The van der Waals surface area contributed by atoms with Crippen molar-refractivity contribution in [3.8, 4) is 0 Å². The molecule has 0 spiro atoms. The van der Waals surface area contributed by atoms with E-state index in [2.05, 4.69) is 19.2 Å². The summed E-state index contributed by atoms with van der Waals surface area (Å²) in [7, 11) is 0. The van der Waals surface area contributed by atoms with Gasteiger partial charge in [-0.15, -0.1) is 0 Å². The van der Waals surface area contributed by atoms with Crippen LogP contribution >= 0.6 is 0 Å². The molecule has 2 heteroatoms. The minimum absolute atomic E-state index is 0.316. The number of hydrogen-bond donors (Lipinski definition) is 1. The van der Waals surface area contributed by atoms with Crippen molar-refractivity contribution in [2.45, 2.75) is 52.0 Å². The van der Waals surface area contributed by atoms with Crippen molar-refractivity contribution < 1.29 is 4.79 Å². The molecule has 2 aliphatic carbocycles. The Bertz CT molecular complexity index is 226. The van der Waals surface area contributed by atoms with E-state index in [0.29, 0.717) is 29.7 Å². The molecule has 0 aromatic heterocycles. The summed E-state index contributed by atoms with van der Waals surface area (Å²) in [6.45, 7) is 4.43. The molecule has 14 heavy (non-hydrogen) atoms. The maximum atomic E-state index is 11.7. The zero-order chi connectivity index (χ0) is 10.1. The third-order valence-corrected chi connectivity index (χ3v) is 3.89. The molecule has 80 valence electrons. The van der Waals surface area contributed by atoms with Crippen molar-refractivity contribution in [1.29, 1.82) is 0 Å². The summed E-state index contributed by atoms with van der Waals surface area (Å²) in [6.07, 6.45) is 6.20. The fourth-order valence-corrected chi connectivity index (χ4v) is 2.51. The van der Waals surface area contributed by atoms with E-state index in [1.807, 2.05) is 0 Å². The third-order valence-electron chi connectivity index (χ3n) is 3.89. The number of carbonyl (C=O) groups excluding carboxylic acids is 1. The number of carbonyl (C=O) groups is 1. The van der Waals surface area contributed by atoms with Crippen molar-refractivity contribution in [1.82, 2.24) is 5.32 Å². The minimum atomic E-state index is 0.316. The quantitative estimate of drug-likeness (QED) is 0.720. The summed E-state index contributed by atoms with van der Waals surface area (Å²) in [4.78, 5) is 11.7. The van der Waals surface area contributed by atoms with E-state index in [-0.39, 0.29) is 0 Å². The summed E-state index contributed by atoms with van der Waals surface area (Å²) in [5, 5.41) is 3.22. The zero-order valence-corrected chi connectivity index (χ0v) is 9.25. The van der Waals surface area contributed by atoms with Gasteiger partial charge in [0.05, 0.1) is 0 Å². The van der Waals surface area contributed by atoms with Crippen LogP contribution in [0.1, 0.15) is 46.0 Å². The van der Waals surface area contributed by atoms with Crippen LogP contribution in [0.4, 0.5) is 0 Å². The van der Waals surface area contributed by atoms with Crippen LogP contribution in [0.3, 0.4) is 0 Å². The van der Waals surface area contributed by atoms with Crippen LogP contribution in [0.5, 0.6) is 0 Å². The predicted octanol–water partition coefficient (Wildman–Crippen LogP) is 2.34. The smallest absolute Gasteiger partial charge is 0.223 e. The molecule has 4 unspecified atom stereocenters. The highest BCUT2D eigenvalue weighted by Gasteiger charge is 2.40. The van der Waals surface area contributed by atoms with E-state index in [1.165, 1.54) is 25.7 Å². The van der Waals surface area contributed by atoms with Crippen molar-refractivity contribution in [2.24, 2.45) is 17.8 Å². The van der Waals surface area contributed by atoms with E-state index in [1.54, 1.807) is 0 Å². The molecule has 0 saturated heterocycles. The van der Waals surface area contributed by atoms with Gasteiger partial charge in [0, 0.05) is 12.0 Å². The first kappa shape index (κ1) is 10.0. The molecule has 0 aliphatic heterocycles. The van der Waals surface area contributed by atoms with Gasteiger partial charge in [0.2, 0.25) is 5.91 Å². The van der Waals surface area contributed by atoms with E-state index in [9.17, 15) is 4.79 Å². The number of amides is 1. The summed E-state index contributed by atoms with van der Waals surface area (Å²) in [5.41, 5.74) is 0. The van der Waals surface area contributed by atoms with E-state index in [0.717, 1.165) is 6.42 Å². The molecule has 0 bridgehead atoms. The zero-order valence-electron chi connectivity index (χ0n) is 9.25. The van der Waals surface area contributed by atoms with Gasteiger partial charge in [-0.05, 0) is 31.1 Å². The molecular weight excluding hydrogens is 174 g/mol. The van der Waals surface area contributed by atoms with Crippen molar-refractivity contribution in [2.75, 3.05) is 0 Å². The molecule has 0 aromatic carbocycles. The van der Waals surface area contributed by atoms with Crippen molar-refractivity contribution in [3.05, 3.63) is 0 Å². The summed E-state index contributed by atoms with van der Waals surface area (Å²) >= 11 is 0. The van der Waals surface area contributed by atoms with Gasteiger partial charge in [0.15, 0.2) is 0 Å². The number of nitrogens with one attached hydrogen (secondary N) is 1. The maximum Gasteiger partial charge on any atom is 0.223 e. The Labute approximate surface area is 86.5 Å². The lowest BCUT2D eigenvalue weighted by molar-refractivity contribution is -0.123. The van der Waals surface area contributed by atoms with E-state index < -0.39 is 0 Å². The first-order valence-electron chi connectivity index (χ1n) is 5.99. The molecule has 0 radical (unpaired) electrons. The van der Waals surface area contributed by atoms with Crippen LogP contribution in [0.25, 0.3) is 0 Å². The van der Waals surface area contributed by atoms with Crippen LogP contribution in [-0.4, -0.2) is 11.9 Å². The summed E-state index contributed by atoms with van der Waals surface area (Å²) < 4.78 is 0. The average Bonchev–Trinajstić information content (AvgIpc) is 2.87. The van der Waals surface area contributed by atoms with Crippen LogP contribution in [0.15, 0.2) is 0 Å². The molecule has 2 aliphatic rings. The molecule has 2 rings (SSSR count). The molecule has 0 heterocycles. The second kappa shape index (κ2) is 3.92. The van der Waals surface area contributed by atoms with E-state index in [4.69, 9.17) is 0 Å². The van der Waals surface area contributed by atoms with Gasteiger partial charge in [-0.25, -0.2) is 0 Å². The maximum absolute atomic E-state index is 11.7. The first-order chi connectivity index (χ1) is 6.68. The lowest BCUT2D eigenvalue weighted by Crippen LogP contribution is -2.41. The highest BCUT2D eigenvalue weighted by atomic mass is 16.2. The monoisotopic (exact) mass is 195 g/mol. The molecule has 2 nitrogen and oxygen atoms in total. The van der Waals surface area contributed by atoms with Crippen LogP contribution in [0, 0.1) is 17.8 Å². The van der Waals surface area contributed by atoms with Gasteiger partial charge in [0.1, 0.15) is 0 Å². The predicted molar refractivity (Wildman–Crippen MR) is 56.8 cm³/mol. The second-order valence-corrected chi connectivity index (χ2v) is 5.20. The lowest BCUT2D eigenvalue weighted by Gasteiger charge is -2.29. The van der Waals surface area contributed by atoms with Gasteiger partial charge in [-0.3, -0.25) is 4.79 Å². The first-order valence-corrected chi connectivity index (χ1v) is 5.99. The topological polar surface area (TPSA) is 29.1 Å². The van der Waals surface area contributed by atoms with Gasteiger partial charge >= 0.3 is 0 Å². The second-order valence-electron chi connectivity index (χ2n) is 5.20. The summed E-state index contributed by atoms with van der Waals surface area (Å²) in [5.74, 6) is 1.97. The minimum Gasteiger partial charge on any atom is -0.353 e. The molecule has 2 fully saturated rings. The normalized spacial score (nSPS) is 41.9. The number of rotatable bonds is 2. The Balaban J connectivity index is 1.80. The molecule has 1 N–H and O–H groups in total. The fourth-order valence-electron chi connectivity index (χ4n) is 2.51. The average molecular weight is 195 g/mol. The van der Waals surface area contributed by atoms with Gasteiger partial charge in [-0.2, -0.15) is 0 Å². The Hall–Kier alpha value is -0.530. The Morgan fingerprint density at radius 1 is 1.14 bits per heavy atom. The molecule has 0 aromatic rings. The highest BCUT2D eigenvalue weighted by molar-refractivity contribution is 5.81. The van der Waals surface area contributed by atoms with Crippen molar-refractivity contribution >= 4 is 5.91 Å². The fraction of sp³-hybridized carbons (Fsp3) is 0.917. The van der Waals surface area contributed by atoms with Crippen LogP contribution in [0.2, 0.25) is 0 Å². The van der Waals surface area contributed by atoms with Crippen LogP contribution in [-0.2, 0) is 4.79 Å².